The van der Waals surface area contributed by atoms with Gasteiger partial charge in [-0.15, -0.1) is 0 Å². The lowest BCUT2D eigenvalue weighted by molar-refractivity contribution is 0.0952. The van der Waals surface area contributed by atoms with E-state index in [1.54, 1.807) is 24.5 Å². The quantitative estimate of drug-likeness (QED) is 0.478. The van der Waals surface area contributed by atoms with Gasteiger partial charge in [-0.3, -0.25) is 9.18 Å². The van der Waals surface area contributed by atoms with E-state index < -0.39 is 6.67 Å². The molecule has 31 heavy (non-hydrogen) atoms. The number of anilines is 2. The number of benzene rings is 1. The Kier molecular flexibility index (Phi) is 6.21. The van der Waals surface area contributed by atoms with Crippen LogP contribution in [0.3, 0.4) is 0 Å². The van der Waals surface area contributed by atoms with Gasteiger partial charge in [0.1, 0.15) is 11.6 Å². The van der Waals surface area contributed by atoms with E-state index in [0.29, 0.717) is 37.4 Å². The van der Waals surface area contributed by atoms with Crippen LogP contribution in [0.2, 0.25) is 0 Å². The van der Waals surface area contributed by atoms with Crippen molar-refractivity contribution in [2.45, 2.75) is 19.4 Å². The molecule has 0 fully saturated rings. The van der Waals surface area contributed by atoms with Gasteiger partial charge in [-0.2, -0.15) is 0 Å². The van der Waals surface area contributed by atoms with Gasteiger partial charge in [-0.1, -0.05) is 12.1 Å². The van der Waals surface area contributed by atoms with Crippen LogP contribution >= 0.6 is 0 Å². The van der Waals surface area contributed by atoms with Crippen molar-refractivity contribution in [3.8, 4) is 17.0 Å². The molecule has 0 bridgehead atoms. The molecule has 1 amide bonds. The summed E-state index contributed by atoms with van der Waals surface area (Å²) in [5.74, 6) is 1.46. The number of carbonyl (C=O) groups is 1. The lowest BCUT2D eigenvalue weighted by Crippen LogP contribution is -2.24. The Labute approximate surface area is 179 Å². The zero-order valence-corrected chi connectivity index (χ0v) is 16.9. The first-order valence-electron chi connectivity index (χ1n) is 10.1. The lowest BCUT2D eigenvalue weighted by atomic mass is 10.1. The highest BCUT2D eigenvalue weighted by Crippen LogP contribution is 2.39. The van der Waals surface area contributed by atoms with Gasteiger partial charge in [-0.05, 0) is 30.2 Å². The number of halogens is 1. The maximum absolute atomic E-state index is 12.2. The molecule has 1 aliphatic rings. The number of alkyl halides is 1. The molecule has 160 valence electrons. The van der Waals surface area contributed by atoms with Crippen molar-refractivity contribution in [2.75, 3.05) is 30.9 Å². The highest BCUT2D eigenvalue weighted by molar-refractivity contribution is 5.94. The second-order valence-electron chi connectivity index (χ2n) is 7.08. The number of nitrogen functional groups attached to an aromatic ring is 1. The van der Waals surface area contributed by atoms with Crippen molar-refractivity contribution in [1.29, 1.82) is 0 Å². The maximum Gasteiger partial charge on any atom is 0.251 e. The molecule has 2 aromatic heterocycles. The van der Waals surface area contributed by atoms with E-state index >= 15 is 0 Å². The number of amides is 1. The third kappa shape index (κ3) is 4.71. The summed E-state index contributed by atoms with van der Waals surface area (Å²) in [5.41, 5.74) is 9.60. The minimum absolute atomic E-state index is 0.195. The molecule has 0 unspecified atom stereocenters. The summed E-state index contributed by atoms with van der Waals surface area (Å²) in [6.07, 6.45) is 4.36. The molecule has 3 heterocycles. The first-order chi connectivity index (χ1) is 15.2. The third-order valence-electron chi connectivity index (χ3n) is 4.92. The highest BCUT2D eigenvalue weighted by atomic mass is 19.1. The predicted octanol–water partition coefficient (Wildman–Crippen LogP) is 2.76. The molecule has 1 aliphatic heterocycles. The van der Waals surface area contributed by atoms with Crippen LogP contribution in [-0.4, -0.2) is 40.7 Å². The van der Waals surface area contributed by atoms with Crippen molar-refractivity contribution < 1.29 is 13.9 Å². The highest BCUT2D eigenvalue weighted by Gasteiger charge is 2.23. The fourth-order valence-corrected chi connectivity index (χ4v) is 3.43. The first-order valence-corrected chi connectivity index (χ1v) is 10.1. The molecule has 8 nitrogen and oxygen atoms in total. The smallest absolute Gasteiger partial charge is 0.251 e. The Balaban J connectivity index is 1.49. The molecule has 4 N–H and O–H groups in total. The molecule has 1 aromatic carbocycles. The van der Waals surface area contributed by atoms with Crippen molar-refractivity contribution in [1.82, 2.24) is 20.3 Å². The summed E-state index contributed by atoms with van der Waals surface area (Å²) >= 11 is 0. The first kappa shape index (κ1) is 20.5. The standard InChI is InChI=1S/C22H23FN6O2/c23-7-2-8-25-21(30)15-4-1-3-14(11-15)12-27-20-16-6-10-31-19(16)17(13-28-20)18-5-9-26-22(24)29-18/h1,3-5,9,11,13H,2,6-8,10,12H2,(H,25,30)(H,27,28)(H2,24,26,29). The number of rotatable bonds is 8. The number of carbonyl (C=O) groups excluding carboxylic acids is 1. The van der Waals surface area contributed by atoms with Gasteiger partial charge in [0.2, 0.25) is 5.95 Å². The maximum atomic E-state index is 12.2. The summed E-state index contributed by atoms with van der Waals surface area (Å²) < 4.78 is 18.1. The van der Waals surface area contributed by atoms with Gasteiger partial charge < -0.3 is 21.1 Å². The molecule has 4 rings (SSSR count). The Morgan fingerprint density at radius 1 is 1.26 bits per heavy atom. The average molecular weight is 422 g/mol. The normalized spacial score (nSPS) is 12.2. The molecule has 0 saturated heterocycles. The number of nitrogens with two attached hydrogens (primary N) is 1. The van der Waals surface area contributed by atoms with Gasteiger partial charge in [-0.25, -0.2) is 15.0 Å². The van der Waals surface area contributed by atoms with E-state index in [2.05, 4.69) is 25.6 Å². The number of nitrogens with one attached hydrogen (secondary N) is 2. The van der Waals surface area contributed by atoms with Gasteiger partial charge in [0.25, 0.3) is 5.91 Å². The summed E-state index contributed by atoms with van der Waals surface area (Å²) in [6.45, 7) is 0.926. The van der Waals surface area contributed by atoms with E-state index in [0.717, 1.165) is 34.7 Å². The van der Waals surface area contributed by atoms with Crippen molar-refractivity contribution >= 4 is 17.7 Å². The van der Waals surface area contributed by atoms with Crippen molar-refractivity contribution in [3.05, 3.63) is 59.4 Å². The van der Waals surface area contributed by atoms with Gasteiger partial charge >= 0.3 is 0 Å². The molecule has 3 aromatic rings. The summed E-state index contributed by atoms with van der Waals surface area (Å²) in [6, 6.07) is 9.07. The number of nitrogens with zero attached hydrogens (tertiary/aromatic N) is 3. The number of ether oxygens (including phenoxy) is 1. The molecule has 0 aliphatic carbocycles. The summed E-state index contributed by atoms with van der Waals surface area (Å²) in [7, 11) is 0. The lowest BCUT2D eigenvalue weighted by Gasteiger charge is -2.13. The van der Waals surface area contributed by atoms with E-state index in [1.165, 1.54) is 0 Å². The SMILES string of the molecule is Nc1nccc(-c2cnc(NCc3cccc(C(=O)NCCCF)c3)c3c2OCC3)n1. The van der Waals surface area contributed by atoms with E-state index in [1.807, 2.05) is 18.2 Å². The number of hydrogen-bond acceptors (Lipinski definition) is 7. The van der Waals surface area contributed by atoms with Crippen LogP contribution in [0.5, 0.6) is 5.75 Å². The Hall–Kier alpha value is -3.75. The van der Waals surface area contributed by atoms with Crippen LogP contribution in [0, 0.1) is 0 Å². The zero-order chi connectivity index (χ0) is 21.6. The molecule has 0 radical (unpaired) electrons. The predicted molar refractivity (Wildman–Crippen MR) is 116 cm³/mol. The van der Waals surface area contributed by atoms with Crippen molar-refractivity contribution in [3.63, 3.8) is 0 Å². The number of aromatic nitrogens is 3. The topological polar surface area (TPSA) is 115 Å². The summed E-state index contributed by atoms with van der Waals surface area (Å²) in [4.78, 5) is 25.0. The summed E-state index contributed by atoms with van der Waals surface area (Å²) in [5, 5.41) is 6.05. The fourth-order valence-electron chi connectivity index (χ4n) is 3.43. The molecule has 0 atom stereocenters. The van der Waals surface area contributed by atoms with Gasteiger partial charge in [0, 0.05) is 43.0 Å². The number of hydrogen-bond donors (Lipinski definition) is 3. The fraction of sp³-hybridized carbons (Fsp3) is 0.273. The van der Waals surface area contributed by atoms with Crippen LogP contribution in [0.15, 0.2) is 42.7 Å². The van der Waals surface area contributed by atoms with Gasteiger partial charge in [0.05, 0.1) is 24.5 Å². The van der Waals surface area contributed by atoms with Crippen LogP contribution in [0.25, 0.3) is 11.3 Å². The largest absolute Gasteiger partial charge is 0.492 e. The molecule has 0 spiro atoms. The van der Waals surface area contributed by atoms with Crippen LogP contribution < -0.4 is 21.1 Å². The number of pyridine rings is 1. The molecule has 9 heteroatoms. The minimum atomic E-state index is -0.450. The van der Waals surface area contributed by atoms with Crippen LogP contribution in [0.1, 0.15) is 27.9 Å². The van der Waals surface area contributed by atoms with E-state index in [4.69, 9.17) is 10.5 Å². The molecular formula is C22H23FN6O2. The zero-order valence-electron chi connectivity index (χ0n) is 16.9. The van der Waals surface area contributed by atoms with Crippen LogP contribution in [0.4, 0.5) is 16.2 Å². The second-order valence-corrected chi connectivity index (χ2v) is 7.08. The van der Waals surface area contributed by atoms with Crippen molar-refractivity contribution in [2.24, 2.45) is 0 Å². The van der Waals surface area contributed by atoms with Gasteiger partial charge in [0.15, 0.2) is 0 Å². The molecular weight excluding hydrogens is 399 g/mol. The van der Waals surface area contributed by atoms with E-state index in [9.17, 15) is 9.18 Å². The Morgan fingerprint density at radius 2 is 2.16 bits per heavy atom. The Morgan fingerprint density at radius 3 is 3.00 bits per heavy atom. The average Bonchev–Trinajstić information content (AvgIpc) is 3.28. The minimum Gasteiger partial charge on any atom is -0.492 e. The van der Waals surface area contributed by atoms with E-state index in [-0.39, 0.29) is 11.9 Å². The monoisotopic (exact) mass is 422 g/mol. The third-order valence-corrected chi connectivity index (χ3v) is 4.92. The van der Waals surface area contributed by atoms with Crippen LogP contribution in [-0.2, 0) is 13.0 Å². The Bertz CT molecular complexity index is 1090. The molecule has 0 saturated carbocycles. The number of fused-ring (bicyclic) bond motifs is 1. The second kappa shape index (κ2) is 9.38.